The van der Waals surface area contributed by atoms with Crippen LogP contribution in [0, 0.1) is 0 Å². The van der Waals surface area contributed by atoms with E-state index in [1.807, 2.05) is 18.2 Å². The lowest BCUT2D eigenvalue weighted by atomic mass is 10.1. The standard InChI is InChI=1S/C13H17NO.ClH/c1-11(15)12-7-3-4-8-13(12)14-9-5-2-6-10-14;/h3-4,7-8H,2,5-6,9-10H2,1H3;1H. The summed E-state index contributed by atoms with van der Waals surface area (Å²) in [6, 6.07) is 7.93. The third-order valence-electron chi connectivity index (χ3n) is 2.98. The Morgan fingerprint density at radius 3 is 2.38 bits per heavy atom. The highest BCUT2D eigenvalue weighted by atomic mass is 35.5. The number of nitrogens with zero attached hydrogens (tertiary/aromatic N) is 1. The second kappa shape index (κ2) is 5.90. The molecule has 0 atom stereocenters. The Hall–Kier alpha value is -1.02. The highest BCUT2D eigenvalue weighted by molar-refractivity contribution is 5.99. The molecule has 0 bridgehead atoms. The number of ketones is 1. The van der Waals surface area contributed by atoms with Gasteiger partial charge in [0.25, 0.3) is 0 Å². The van der Waals surface area contributed by atoms with Crippen LogP contribution in [0.3, 0.4) is 0 Å². The van der Waals surface area contributed by atoms with E-state index in [4.69, 9.17) is 0 Å². The second-order valence-electron chi connectivity index (χ2n) is 4.12. The van der Waals surface area contributed by atoms with E-state index in [1.54, 1.807) is 6.92 Å². The Bertz CT molecular complexity index is 359. The molecule has 0 radical (unpaired) electrons. The number of halogens is 1. The molecule has 0 aromatic heterocycles. The highest BCUT2D eigenvalue weighted by Crippen LogP contribution is 2.24. The summed E-state index contributed by atoms with van der Waals surface area (Å²) < 4.78 is 0. The normalized spacial score (nSPS) is 15.4. The van der Waals surface area contributed by atoms with Crippen molar-refractivity contribution in [3.63, 3.8) is 0 Å². The van der Waals surface area contributed by atoms with Crippen molar-refractivity contribution >= 4 is 23.9 Å². The monoisotopic (exact) mass is 239 g/mol. The van der Waals surface area contributed by atoms with Crippen LogP contribution in [-0.4, -0.2) is 18.9 Å². The molecule has 88 valence electrons. The van der Waals surface area contributed by atoms with Gasteiger partial charge in [0.1, 0.15) is 0 Å². The van der Waals surface area contributed by atoms with Crippen LogP contribution in [0.1, 0.15) is 36.5 Å². The average molecular weight is 240 g/mol. The molecule has 0 amide bonds. The Kier molecular flexibility index (Phi) is 4.81. The molecule has 0 saturated carbocycles. The maximum Gasteiger partial charge on any atom is 0.161 e. The first-order valence-corrected chi connectivity index (χ1v) is 5.64. The smallest absolute Gasteiger partial charge is 0.161 e. The highest BCUT2D eigenvalue weighted by Gasteiger charge is 2.15. The molecule has 1 aliphatic rings. The van der Waals surface area contributed by atoms with Crippen LogP contribution in [-0.2, 0) is 0 Å². The number of rotatable bonds is 2. The molecule has 1 heterocycles. The van der Waals surface area contributed by atoms with Crippen molar-refractivity contribution in [1.82, 2.24) is 0 Å². The minimum absolute atomic E-state index is 0. The average Bonchev–Trinajstić information content (AvgIpc) is 2.30. The van der Waals surface area contributed by atoms with Crippen molar-refractivity contribution in [2.24, 2.45) is 0 Å². The van der Waals surface area contributed by atoms with E-state index in [0.717, 1.165) is 24.3 Å². The minimum atomic E-state index is 0. The number of hydrogen-bond donors (Lipinski definition) is 0. The molecule has 1 fully saturated rings. The number of hydrogen-bond acceptors (Lipinski definition) is 2. The third-order valence-corrected chi connectivity index (χ3v) is 2.98. The third kappa shape index (κ3) is 2.76. The SMILES string of the molecule is CC(=O)c1ccccc1N1CCCCC1.Cl. The van der Waals surface area contributed by atoms with E-state index in [0.29, 0.717) is 0 Å². The summed E-state index contributed by atoms with van der Waals surface area (Å²) in [6.45, 7) is 3.82. The molecule has 1 aromatic carbocycles. The molecule has 1 aromatic rings. The fourth-order valence-electron chi connectivity index (χ4n) is 2.18. The van der Waals surface area contributed by atoms with E-state index in [1.165, 1.54) is 19.3 Å². The van der Waals surface area contributed by atoms with Crippen molar-refractivity contribution < 1.29 is 4.79 Å². The van der Waals surface area contributed by atoms with Gasteiger partial charge in [-0.15, -0.1) is 12.4 Å². The van der Waals surface area contributed by atoms with Gasteiger partial charge in [0.05, 0.1) is 0 Å². The van der Waals surface area contributed by atoms with Gasteiger partial charge in [0.2, 0.25) is 0 Å². The number of benzene rings is 1. The molecule has 0 N–H and O–H groups in total. The van der Waals surface area contributed by atoms with Gasteiger partial charge in [-0.25, -0.2) is 0 Å². The Morgan fingerprint density at radius 2 is 1.75 bits per heavy atom. The maximum atomic E-state index is 11.5. The van der Waals surface area contributed by atoms with Gasteiger partial charge in [-0.05, 0) is 38.3 Å². The van der Waals surface area contributed by atoms with Crippen molar-refractivity contribution in [3.8, 4) is 0 Å². The zero-order valence-electron chi connectivity index (χ0n) is 9.61. The molecule has 1 aliphatic heterocycles. The zero-order chi connectivity index (χ0) is 10.7. The van der Waals surface area contributed by atoms with Gasteiger partial charge in [-0.1, -0.05) is 12.1 Å². The number of carbonyl (C=O) groups is 1. The van der Waals surface area contributed by atoms with Crippen molar-refractivity contribution in [2.75, 3.05) is 18.0 Å². The molecule has 1 saturated heterocycles. The molecule has 0 aliphatic carbocycles. The van der Waals surface area contributed by atoms with Crippen molar-refractivity contribution in [3.05, 3.63) is 29.8 Å². The van der Waals surface area contributed by atoms with Gasteiger partial charge in [0.15, 0.2) is 5.78 Å². The van der Waals surface area contributed by atoms with Crippen LogP contribution < -0.4 is 4.90 Å². The fourth-order valence-corrected chi connectivity index (χ4v) is 2.18. The Labute approximate surface area is 103 Å². The summed E-state index contributed by atoms with van der Waals surface area (Å²) in [5, 5.41) is 0. The summed E-state index contributed by atoms with van der Waals surface area (Å²) in [6.07, 6.45) is 3.80. The Morgan fingerprint density at radius 1 is 1.12 bits per heavy atom. The maximum absolute atomic E-state index is 11.5. The van der Waals surface area contributed by atoms with E-state index in [9.17, 15) is 4.79 Å². The van der Waals surface area contributed by atoms with Crippen molar-refractivity contribution in [1.29, 1.82) is 0 Å². The summed E-state index contributed by atoms with van der Waals surface area (Å²) >= 11 is 0. The van der Waals surface area contributed by atoms with Crippen LogP contribution in [0.5, 0.6) is 0 Å². The topological polar surface area (TPSA) is 20.3 Å². The fraction of sp³-hybridized carbons (Fsp3) is 0.462. The second-order valence-corrected chi connectivity index (χ2v) is 4.12. The quantitative estimate of drug-likeness (QED) is 0.738. The molecule has 2 nitrogen and oxygen atoms in total. The van der Waals surface area contributed by atoms with Gasteiger partial charge in [-0.3, -0.25) is 4.79 Å². The Balaban J connectivity index is 0.00000128. The van der Waals surface area contributed by atoms with Crippen molar-refractivity contribution in [2.45, 2.75) is 26.2 Å². The number of para-hydroxylation sites is 1. The first-order chi connectivity index (χ1) is 7.29. The lowest BCUT2D eigenvalue weighted by Gasteiger charge is -2.30. The van der Waals surface area contributed by atoms with E-state index >= 15 is 0 Å². The first-order valence-electron chi connectivity index (χ1n) is 5.64. The van der Waals surface area contributed by atoms with E-state index in [-0.39, 0.29) is 18.2 Å². The van der Waals surface area contributed by atoms with Crippen LogP contribution in [0.15, 0.2) is 24.3 Å². The van der Waals surface area contributed by atoms with Gasteiger partial charge < -0.3 is 4.90 Å². The van der Waals surface area contributed by atoms with E-state index < -0.39 is 0 Å². The molecule has 0 spiro atoms. The van der Waals surface area contributed by atoms with Crippen LogP contribution in [0.25, 0.3) is 0 Å². The molecule has 2 rings (SSSR count). The predicted octanol–water partition coefficient (Wildman–Crippen LogP) is 3.30. The lowest BCUT2D eigenvalue weighted by molar-refractivity contribution is 0.101. The van der Waals surface area contributed by atoms with Crippen LogP contribution in [0.2, 0.25) is 0 Å². The summed E-state index contributed by atoms with van der Waals surface area (Å²) in [5.74, 6) is 0.163. The summed E-state index contributed by atoms with van der Waals surface area (Å²) in [7, 11) is 0. The minimum Gasteiger partial charge on any atom is -0.371 e. The molecular weight excluding hydrogens is 222 g/mol. The predicted molar refractivity (Wildman–Crippen MR) is 69.8 cm³/mol. The number of anilines is 1. The van der Waals surface area contributed by atoms with Gasteiger partial charge >= 0.3 is 0 Å². The van der Waals surface area contributed by atoms with Crippen LogP contribution >= 0.6 is 12.4 Å². The molecule has 3 heteroatoms. The first kappa shape index (κ1) is 13.0. The summed E-state index contributed by atoms with van der Waals surface area (Å²) in [5.41, 5.74) is 1.98. The molecule has 16 heavy (non-hydrogen) atoms. The van der Waals surface area contributed by atoms with Gasteiger partial charge in [0, 0.05) is 24.3 Å². The molecule has 0 unspecified atom stereocenters. The number of Topliss-reactive ketones (excluding diaryl/α,β-unsaturated/α-hetero) is 1. The lowest BCUT2D eigenvalue weighted by Crippen LogP contribution is -2.30. The zero-order valence-corrected chi connectivity index (χ0v) is 10.4. The number of piperidine rings is 1. The van der Waals surface area contributed by atoms with Gasteiger partial charge in [-0.2, -0.15) is 0 Å². The molecular formula is C13H18ClNO. The largest absolute Gasteiger partial charge is 0.371 e. The van der Waals surface area contributed by atoms with E-state index in [2.05, 4.69) is 11.0 Å². The van der Waals surface area contributed by atoms with Crippen LogP contribution in [0.4, 0.5) is 5.69 Å². The summed E-state index contributed by atoms with van der Waals surface area (Å²) in [4.78, 5) is 13.8. The number of carbonyl (C=O) groups excluding carboxylic acids is 1.